The molecule has 25 heavy (non-hydrogen) atoms. The van der Waals surface area contributed by atoms with E-state index in [0.717, 1.165) is 6.21 Å². The van der Waals surface area contributed by atoms with Crippen molar-refractivity contribution in [3.8, 4) is 17.4 Å². The van der Waals surface area contributed by atoms with E-state index in [1.807, 2.05) is 13.8 Å². The third kappa shape index (κ3) is 4.19. The van der Waals surface area contributed by atoms with Gasteiger partial charge in [-0.15, -0.1) is 0 Å². The van der Waals surface area contributed by atoms with Crippen LogP contribution in [0.25, 0.3) is 0 Å². The summed E-state index contributed by atoms with van der Waals surface area (Å²) in [6.07, 6.45) is 2.49. The molecular weight excluding hydrogens is 324 g/mol. The second kappa shape index (κ2) is 7.56. The van der Waals surface area contributed by atoms with Gasteiger partial charge >= 0.3 is 0 Å². The lowest BCUT2D eigenvalue weighted by molar-refractivity contribution is -0.114. The minimum atomic E-state index is -0.301. The molecule has 4 N–H and O–H groups in total. The fourth-order valence-electron chi connectivity index (χ4n) is 2.07. The number of amides is 1. The first-order chi connectivity index (χ1) is 11.8. The number of ether oxygens (including phenoxy) is 2. The highest BCUT2D eigenvalue weighted by atomic mass is 16.5. The summed E-state index contributed by atoms with van der Waals surface area (Å²) in [6.45, 7) is 5.26. The van der Waals surface area contributed by atoms with E-state index in [-0.39, 0.29) is 29.3 Å². The second-order valence-corrected chi connectivity index (χ2v) is 5.50. The Kier molecular flexibility index (Phi) is 5.48. The van der Waals surface area contributed by atoms with Crippen molar-refractivity contribution in [3.05, 3.63) is 23.5 Å². The Balaban J connectivity index is 2.42. The van der Waals surface area contributed by atoms with Gasteiger partial charge in [0, 0.05) is 13.1 Å². The monoisotopic (exact) mass is 344 g/mol. The number of carbonyl (C=O) groups is 1. The number of methoxy groups -OCH3 is 1. The fraction of sp³-hybridized carbons (Fsp3) is 0.312. The molecule has 0 aliphatic rings. The zero-order chi connectivity index (χ0) is 18.6. The molecule has 2 heterocycles. The van der Waals surface area contributed by atoms with Crippen molar-refractivity contribution in [3.63, 3.8) is 0 Å². The van der Waals surface area contributed by atoms with E-state index in [2.05, 4.69) is 20.3 Å². The van der Waals surface area contributed by atoms with Gasteiger partial charge in [0.15, 0.2) is 11.6 Å². The van der Waals surface area contributed by atoms with Gasteiger partial charge in [0.05, 0.1) is 24.6 Å². The summed E-state index contributed by atoms with van der Waals surface area (Å²) in [5, 5.41) is 9.93. The first kappa shape index (κ1) is 18.1. The molecule has 132 valence electrons. The van der Waals surface area contributed by atoms with E-state index in [1.54, 1.807) is 6.07 Å². The highest BCUT2D eigenvalue weighted by Crippen LogP contribution is 2.34. The SMILES string of the molecule is COc1nc(C(C)C)c(Oc2cnc(NC(C)=O)nc2N)cc1C=N. The molecule has 0 atom stereocenters. The number of carbonyl (C=O) groups excluding carboxylic acids is 1. The first-order valence-corrected chi connectivity index (χ1v) is 7.53. The number of nitrogens with one attached hydrogen (secondary N) is 2. The number of pyridine rings is 1. The molecule has 0 radical (unpaired) electrons. The van der Waals surface area contributed by atoms with E-state index in [0.29, 0.717) is 22.9 Å². The third-order valence-corrected chi connectivity index (χ3v) is 3.19. The molecule has 0 aliphatic carbocycles. The van der Waals surface area contributed by atoms with Crippen molar-refractivity contribution in [1.82, 2.24) is 15.0 Å². The van der Waals surface area contributed by atoms with Crippen LogP contribution in [0.4, 0.5) is 11.8 Å². The Morgan fingerprint density at radius 2 is 2.08 bits per heavy atom. The van der Waals surface area contributed by atoms with Gasteiger partial charge in [0.25, 0.3) is 0 Å². The average molecular weight is 344 g/mol. The number of anilines is 2. The average Bonchev–Trinajstić information content (AvgIpc) is 2.56. The molecule has 2 aromatic heterocycles. The maximum Gasteiger partial charge on any atom is 0.231 e. The molecule has 0 aliphatic heterocycles. The summed E-state index contributed by atoms with van der Waals surface area (Å²) in [6, 6.07) is 1.65. The number of nitrogens with two attached hydrogens (primary N) is 1. The highest BCUT2D eigenvalue weighted by Gasteiger charge is 2.17. The lowest BCUT2D eigenvalue weighted by atomic mass is 10.1. The largest absolute Gasteiger partial charge is 0.481 e. The van der Waals surface area contributed by atoms with Gasteiger partial charge in [-0.2, -0.15) is 4.98 Å². The molecule has 2 rings (SSSR count). The Bertz CT molecular complexity index is 807. The molecule has 0 saturated heterocycles. The van der Waals surface area contributed by atoms with Crippen LogP contribution >= 0.6 is 0 Å². The molecule has 0 saturated carbocycles. The van der Waals surface area contributed by atoms with Gasteiger partial charge in [-0.3, -0.25) is 10.1 Å². The number of hydrogen-bond donors (Lipinski definition) is 3. The van der Waals surface area contributed by atoms with Crippen molar-refractivity contribution >= 4 is 23.9 Å². The van der Waals surface area contributed by atoms with Crippen molar-refractivity contribution in [2.45, 2.75) is 26.7 Å². The molecule has 0 aromatic carbocycles. The molecule has 1 amide bonds. The summed E-state index contributed by atoms with van der Waals surface area (Å²) >= 11 is 0. The van der Waals surface area contributed by atoms with Gasteiger partial charge in [-0.1, -0.05) is 13.8 Å². The van der Waals surface area contributed by atoms with Crippen LogP contribution in [-0.2, 0) is 4.79 Å². The van der Waals surface area contributed by atoms with Crippen LogP contribution in [0.3, 0.4) is 0 Å². The summed E-state index contributed by atoms with van der Waals surface area (Å²) in [4.78, 5) is 23.4. The lowest BCUT2D eigenvalue weighted by Gasteiger charge is -2.16. The van der Waals surface area contributed by atoms with E-state index in [9.17, 15) is 4.79 Å². The lowest BCUT2D eigenvalue weighted by Crippen LogP contribution is -2.11. The number of nitrogen functional groups attached to an aromatic ring is 1. The normalized spacial score (nSPS) is 10.4. The van der Waals surface area contributed by atoms with Crippen molar-refractivity contribution in [2.24, 2.45) is 0 Å². The zero-order valence-electron chi connectivity index (χ0n) is 14.5. The number of nitrogens with zero attached hydrogens (tertiary/aromatic N) is 3. The minimum absolute atomic E-state index is 0.0458. The quantitative estimate of drug-likeness (QED) is 0.684. The molecular formula is C16H20N6O3. The number of hydrogen-bond acceptors (Lipinski definition) is 8. The second-order valence-electron chi connectivity index (χ2n) is 5.50. The van der Waals surface area contributed by atoms with Crippen LogP contribution in [0, 0.1) is 5.41 Å². The van der Waals surface area contributed by atoms with Gasteiger partial charge in [0.1, 0.15) is 5.75 Å². The molecule has 0 unspecified atom stereocenters. The maximum atomic E-state index is 11.0. The minimum Gasteiger partial charge on any atom is -0.481 e. The zero-order valence-corrected chi connectivity index (χ0v) is 14.5. The Morgan fingerprint density at radius 3 is 2.60 bits per heavy atom. The van der Waals surface area contributed by atoms with Crippen molar-refractivity contribution in [2.75, 3.05) is 18.2 Å². The van der Waals surface area contributed by atoms with Crippen LogP contribution in [0.1, 0.15) is 37.9 Å². The van der Waals surface area contributed by atoms with Crippen LogP contribution in [0.2, 0.25) is 0 Å². The van der Waals surface area contributed by atoms with Crippen LogP contribution in [-0.4, -0.2) is 34.2 Å². The Morgan fingerprint density at radius 1 is 1.36 bits per heavy atom. The van der Waals surface area contributed by atoms with Gasteiger partial charge in [-0.05, 0) is 12.0 Å². The molecule has 0 spiro atoms. The highest BCUT2D eigenvalue weighted by molar-refractivity contribution is 5.86. The summed E-state index contributed by atoms with van der Waals surface area (Å²) in [5.41, 5.74) is 7.00. The third-order valence-electron chi connectivity index (χ3n) is 3.19. The smallest absolute Gasteiger partial charge is 0.231 e. The van der Waals surface area contributed by atoms with Gasteiger partial charge in [-0.25, -0.2) is 9.97 Å². The predicted molar refractivity (Wildman–Crippen MR) is 93.6 cm³/mol. The van der Waals surface area contributed by atoms with Crippen LogP contribution < -0.4 is 20.5 Å². The number of aromatic nitrogens is 3. The predicted octanol–water partition coefficient (Wildman–Crippen LogP) is 2.33. The van der Waals surface area contributed by atoms with E-state index in [4.69, 9.17) is 20.6 Å². The number of rotatable bonds is 6. The molecule has 2 aromatic rings. The molecule has 0 fully saturated rings. The maximum absolute atomic E-state index is 11.0. The first-order valence-electron chi connectivity index (χ1n) is 7.53. The molecule has 0 bridgehead atoms. The Hall–Kier alpha value is -3.23. The van der Waals surface area contributed by atoms with E-state index < -0.39 is 0 Å². The van der Waals surface area contributed by atoms with Crippen LogP contribution in [0.15, 0.2) is 12.3 Å². The summed E-state index contributed by atoms with van der Waals surface area (Å²) in [7, 11) is 1.49. The van der Waals surface area contributed by atoms with Crippen molar-refractivity contribution in [1.29, 1.82) is 5.41 Å². The standard InChI is InChI=1S/C16H20N6O3/c1-8(2)13-11(5-10(6-17)15(21-13)24-4)25-12-7-19-16(20-9(3)23)22-14(12)18/h5-8,17H,1-4H3,(H3,18,19,20,22,23). The molecule has 9 heteroatoms. The Labute approximate surface area is 145 Å². The van der Waals surface area contributed by atoms with Gasteiger partial charge in [0.2, 0.25) is 17.7 Å². The van der Waals surface area contributed by atoms with Crippen molar-refractivity contribution < 1.29 is 14.3 Å². The topological polar surface area (TPSA) is 136 Å². The van der Waals surface area contributed by atoms with Crippen LogP contribution in [0.5, 0.6) is 17.4 Å². The molecule has 9 nitrogen and oxygen atoms in total. The summed E-state index contributed by atoms with van der Waals surface area (Å²) < 4.78 is 11.0. The van der Waals surface area contributed by atoms with E-state index in [1.165, 1.54) is 20.2 Å². The fourth-order valence-corrected chi connectivity index (χ4v) is 2.07. The van der Waals surface area contributed by atoms with Gasteiger partial charge < -0.3 is 20.6 Å². The summed E-state index contributed by atoms with van der Waals surface area (Å²) in [5.74, 6) is 0.900. The van der Waals surface area contributed by atoms with E-state index >= 15 is 0 Å².